The average molecular weight is 776 g/mol. The molecule has 0 saturated heterocycles. The smallest absolute Gasteiger partial charge is 0.296 e. The first-order chi connectivity index (χ1) is 25.3. The standard InChI is InChI=1S/C18H21N5O4S.C17H16N4O4S/c1-11-8-12(20-19-11)10-23-16(24)14-9-13(4-5-15(14)22(3)17(23)25)28(26,27)21-18(2)6-7-18;1-3-9-20-14-5-4-12(26(24,25)19-17(2)6-7-17)11-13(14)15(22)21(10-8-18)16(20)23/h4-5,8-9,21H,6-7,10H2,1-3H3,(H,19,20);1,4-5,11,19H,6-7,9-10H2,2H3. The molecule has 2 aliphatic carbocycles. The number of aromatic amines is 1. The number of aromatic nitrogens is 6. The topological polar surface area (TPSA) is 233 Å². The van der Waals surface area contributed by atoms with E-state index in [0.717, 1.165) is 40.5 Å². The van der Waals surface area contributed by atoms with Crippen LogP contribution in [0.4, 0.5) is 0 Å². The fourth-order valence-corrected chi connectivity index (χ4v) is 8.88. The number of nitrogens with one attached hydrogen (secondary N) is 3. The normalized spacial score (nSPS) is 15.6. The minimum absolute atomic E-state index is 0.00723. The number of aryl methyl sites for hydroxylation is 2. The molecule has 3 heterocycles. The molecule has 3 aromatic heterocycles. The maximum absolute atomic E-state index is 13.0. The Balaban J connectivity index is 0.000000185. The molecule has 54 heavy (non-hydrogen) atoms. The number of H-pyrrole nitrogens is 1. The molecule has 0 spiro atoms. The highest BCUT2D eigenvalue weighted by molar-refractivity contribution is 7.89. The van der Waals surface area contributed by atoms with Gasteiger partial charge in [0.2, 0.25) is 20.0 Å². The lowest BCUT2D eigenvalue weighted by Crippen LogP contribution is -2.40. The van der Waals surface area contributed by atoms with Gasteiger partial charge in [0.15, 0.2) is 0 Å². The Morgan fingerprint density at radius 1 is 0.796 bits per heavy atom. The zero-order valence-corrected chi connectivity index (χ0v) is 31.5. The third-order valence-corrected chi connectivity index (χ3v) is 12.7. The number of hydrogen-bond acceptors (Lipinski definition) is 10. The quantitative estimate of drug-likeness (QED) is 0.169. The van der Waals surface area contributed by atoms with Gasteiger partial charge in [0, 0.05) is 18.1 Å². The highest BCUT2D eigenvalue weighted by atomic mass is 32.2. The number of hydrogen-bond donors (Lipinski definition) is 3. The zero-order valence-electron chi connectivity index (χ0n) is 29.8. The van der Waals surface area contributed by atoms with Gasteiger partial charge in [0.1, 0.15) is 6.54 Å². The van der Waals surface area contributed by atoms with Gasteiger partial charge in [-0.3, -0.25) is 28.4 Å². The second kappa shape index (κ2) is 13.7. The van der Waals surface area contributed by atoms with Crippen molar-refractivity contribution in [1.29, 1.82) is 5.26 Å². The Hall–Kier alpha value is -5.60. The van der Waals surface area contributed by atoms with Gasteiger partial charge in [-0.1, -0.05) is 5.92 Å². The van der Waals surface area contributed by atoms with Crippen molar-refractivity contribution < 1.29 is 16.8 Å². The monoisotopic (exact) mass is 775 g/mol. The van der Waals surface area contributed by atoms with Crippen molar-refractivity contribution in [2.45, 2.75) is 87.0 Å². The van der Waals surface area contributed by atoms with Gasteiger partial charge in [0.25, 0.3) is 11.1 Å². The first-order valence-corrected chi connectivity index (χ1v) is 19.7. The van der Waals surface area contributed by atoms with Crippen LogP contribution in [-0.4, -0.2) is 56.4 Å². The van der Waals surface area contributed by atoms with Gasteiger partial charge in [-0.2, -0.15) is 10.4 Å². The van der Waals surface area contributed by atoms with Crippen molar-refractivity contribution in [3.8, 4) is 18.4 Å². The molecular weight excluding hydrogens is 739 g/mol. The highest BCUT2D eigenvalue weighted by Gasteiger charge is 2.42. The molecule has 17 nitrogen and oxygen atoms in total. The molecule has 0 aliphatic heterocycles. The van der Waals surface area contributed by atoms with Crippen LogP contribution in [-0.2, 0) is 46.7 Å². The molecule has 2 saturated carbocycles. The number of nitriles is 1. The van der Waals surface area contributed by atoms with Crippen LogP contribution in [0.3, 0.4) is 0 Å². The lowest BCUT2D eigenvalue weighted by molar-refractivity contribution is 0.556. The van der Waals surface area contributed by atoms with Crippen LogP contribution >= 0.6 is 0 Å². The summed E-state index contributed by atoms with van der Waals surface area (Å²) in [6, 6.07) is 11.7. The summed E-state index contributed by atoms with van der Waals surface area (Å²) < 4.78 is 60.1. The minimum Gasteiger partial charge on any atom is -0.296 e. The van der Waals surface area contributed by atoms with Crippen LogP contribution in [0, 0.1) is 30.6 Å². The van der Waals surface area contributed by atoms with E-state index < -0.39 is 60.2 Å². The van der Waals surface area contributed by atoms with E-state index in [2.05, 4.69) is 25.6 Å². The van der Waals surface area contributed by atoms with Gasteiger partial charge in [0.05, 0.1) is 62.1 Å². The summed E-state index contributed by atoms with van der Waals surface area (Å²) in [5, 5.41) is 15.8. The molecular formula is C35H37N9O8S2. The average Bonchev–Trinajstić information content (AvgIpc) is 3.99. The summed E-state index contributed by atoms with van der Waals surface area (Å²) in [6.07, 6.45) is 8.35. The van der Waals surface area contributed by atoms with Crippen molar-refractivity contribution in [3.63, 3.8) is 0 Å². The molecule has 0 bridgehead atoms. The predicted octanol–water partition coefficient (Wildman–Crippen LogP) is 0.762. The molecule has 7 rings (SSSR count). The van der Waals surface area contributed by atoms with E-state index in [1.807, 2.05) is 6.92 Å². The van der Waals surface area contributed by atoms with Crippen LogP contribution in [0.5, 0.6) is 0 Å². The Morgan fingerprint density at radius 2 is 1.31 bits per heavy atom. The maximum atomic E-state index is 13.0. The summed E-state index contributed by atoms with van der Waals surface area (Å²) in [6.45, 7) is 4.90. The molecule has 19 heteroatoms. The maximum Gasteiger partial charge on any atom is 0.333 e. The second-order valence-electron chi connectivity index (χ2n) is 14.1. The first kappa shape index (κ1) is 38.1. The molecule has 0 radical (unpaired) electrons. The van der Waals surface area contributed by atoms with Gasteiger partial charge in [-0.05, 0) is 88.9 Å². The van der Waals surface area contributed by atoms with E-state index in [9.17, 15) is 36.0 Å². The summed E-state index contributed by atoms with van der Waals surface area (Å²) >= 11 is 0. The van der Waals surface area contributed by atoms with Crippen LogP contribution in [0.1, 0.15) is 50.9 Å². The molecule has 0 atom stereocenters. The molecule has 0 amide bonds. The number of nitrogens with zero attached hydrogens (tertiary/aromatic N) is 6. The third-order valence-electron chi connectivity index (χ3n) is 9.47. The highest BCUT2D eigenvalue weighted by Crippen LogP contribution is 2.37. The van der Waals surface area contributed by atoms with Gasteiger partial charge < -0.3 is 0 Å². The molecule has 5 aromatic rings. The fourth-order valence-electron chi connectivity index (χ4n) is 5.90. The lowest BCUT2D eigenvalue weighted by atomic mass is 10.2. The number of rotatable bonds is 10. The molecule has 2 aliphatic rings. The van der Waals surface area contributed by atoms with Crippen molar-refractivity contribution in [1.82, 2.24) is 37.9 Å². The predicted molar refractivity (Wildman–Crippen MR) is 199 cm³/mol. The van der Waals surface area contributed by atoms with Crippen LogP contribution < -0.4 is 31.9 Å². The second-order valence-corrected chi connectivity index (χ2v) is 17.4. The van der Waals surface area contributed by atoms with Gasteiger partial charge in [-0.25, -0.2) is 40.4 Å². The number of fused-ring (bicyclic) bond motifs is 2. The van der Waals surface area contributed by atoms with Crippen LogP contribution in [0.2, 0.25) is 0 Å². The third kappa shape index (κ3) is 7.44. The zero-order chi connectivity index (χ0) is 39.4. The summed E-state index contributed by atoms with van der Waals surface area (Å²) in [4.78, 5) is 50.6. The van der Waals surface area contributed by atoms with Crippen molar-refractivity contribution in [3.05, 3.63) is 95.5 Å². The van der Waals surface area contributed by atoms with E-state index >= 15 is 0 Å². The van der Waals surface area contributed by atoms with Crippen molar-refractivity contribution in [2.24, 2.45) is 7.05 Å². The number of benzene rings is 2. The summed E-state index contributed by atoms with van der Waals surface area (Å²) in [5.74, 6) is 2.32. The Bertz CT molecular complexity index is 2920. The molecule has 282 valence electrons. The Labute approximate surface area is 309 Å². The summed E-state index contributed by atoms with van der Waals surface area (Å²) in [7, 11) is -6.02. The van der Waals surface area contributed by atoms with Crippen molar-refractivity contribution >= 4 is 41.9 Å². The van der Waals surface area contributed by atoms with Crippen molar-refractivity contribution in [2.75, 3.05) is 0 Å². The lowest BCUT2D eigenvalue weighted by Gasteiger charge is -2.14. The Kier molecular flexibility index (Phi) is 9.65. The molecule has 3 N–H and O–H groups in total. The first-order valence-electron chi connectivity index (χ1n) is 16.7. The number of sulfonamides is 2. The molecule has 2 fully saturated rings. The van der Waals surface area contributed by atoms with E-state index in [0.29, 0.717) is 11.2 Å². The van der Waals surface area contributed by atoms with E-state index in [1.54, 1.807) is 33.0 Å². The fraction of sp³-hybridized carbons (Fsp3) is 0.371. The summed E-state index contributed by atoms with van der Waals surface area (Å²) in [5.41, 5.74) is -1.38. The van der Waals surface area contributed by atoms with E-state index in [4.69, 9.17) is 11.7 Å². The van der Waals surface area contributed by atoms with Crippen LogP contribution in [0.15, 0.2) is 71.4 Å². The van der Waals surface area contributed by atoms with E-state index in [1.165, 1.54) is 45.5 Å². The van der Waals surface area contributed by atoms with E-state index in [-0.39, 0.29) is 39.2 Å². The minimum atomic E-state index is -3.81. The molecule has 0 unspecified atom stereocenters. The number of terminal acetylenes is 1. The Morgan fingerprint density at radius 3 is 1.80 bits per heavy atom. The SMILES string of the molecule is C#CCn1c(=O)n(CC#N)c(=O)c2cc(S(=O)(=O)NC3(C)CC3)ccc21.Cc1cc(Cn2c(=O)c3cc(S(=O)(=O)NC4(C)CC4)ccc3n(C)c2=O)[nH]n1. The molecule has 2 aromatic carbocycles. The van der Waals surface area contributed by atoms with Gasteiger partial charge in [-0.15, -0.1) is 6.42 Å². The van der Waals surface area contributed by atoms with Crippen LogP contribution in [0.25, 0.3) is 21.8 Å². The van der Waals surface area contributed by atoms with Gasteiger partial charge >= 0.3 is 11.4 Å². The largest absolute Gasteiger partial charge is 0.333 e.